The molecule has 16 heavy (non-hydrogen) atoms. The van der Waals surface area contributed by atoms with E-state index >= 15 is 0 Å². The van der Waals surface area contributed by atoms with Gasteiger partial charge in [0.15, 0.2) is 0 Å². The molecule has 0 nitrogen and oxygen atoms in total. The highest BCUT2D eigenvalue weighted by Crippen LogP contribution is 2.45. The molecular weight excluding hydrogens is 260 g/mol. The maximum Gasteiger partial charge on any atom is 0.0175 e. The van der Waals surface area contributed by atoms with Gasteiger partial charge >= 0.3 is 0 Å². The van der Waals surface area contributed by atoms with Crippen LogP contribution in [-0.4, -0.2) is 0 Å². The van der Waals surface area contributed by atoms with E-state index < -0.39 is 0 Å². The Bertz CT molecular complexity index is 390. The minimum Gasteiger partial charge on any atom is -0.0851 e. The summed E-state index contributed by atoms with van der Waals surface area (Å²) in [7, 11) is 0. The predicted octanol–water partition coefficient (Wildman–Crippen LogP) is 4.59. The highest BCUT2D eigenvalue weighted by Gasteiger charge is 2.34. The molecule has 1 aromatic rings. The van der Waals surface area contributed by atoms with Crippen molar-refractivity contribution < 1.29 is 0 Å². The number of benzene rings is 1. The molecule has 1 heteroatoms. The number of aryl methyl sites for hydroxylation is 1. The van der Waals surface area contributed by atoms with Gasteiger partial charge in [-0.3, -0.25) is 0 Å². The van der Waals surface area contributed by atoms with Crippen molar-refractivity contribution in [3.63, 3.8) is 0 Å². The van der Waals surface area contributed by atoms with Gasteiger partial charge in [0.1, 0.15) is 0 Å². The molecular formula is C15H17Br. The zero-order valence-electron chi connectivity index (χ0n) is 9.40. The molecule has 3 rings (SSSR count). The second-order valence-corrected chi connectivity index (χ2v) is 6.12. The molecule has 0 amide bonds. The second kappa shape index (κ2) is 4.37. The topological polar surface area (TPSA) is 0 Å². The van der Waals surface area contributed by atoms with Gasteiger partial charge in [0.25, 0.3) is 0 Å². The van der Waals surface area contributed by atoms with Crippen LogP contribution in [0.1, 0.15) is 24.8 Å². The van der Waals surface area contributed by atoms with E-state index in [1.54, 1.807) is 0 Å². The first kappa shape index (κ1) is 10.6. The molecule has 84 valence electrons. The van der Waals surface area contributed by atoms with Crippen LogP contribution < -0.4 is 0 Å². The van der Waals surface area contributed by atoms with Crippen molar-refractivity contribution in [2.45, 2.75) is 25.7 Å². The van der Waals surface area contributed by atoms with Crippen molar-refractivity contribution in [2.24, 2.45) is 17.8 Å². The van der Waals surface area contributed by atoms with E-state index in [4.69, 9.17) is 0 Å². The Kier molecular flexibility index (Phi) is 2.89. The average molecular weight is 277 g/mol. The fourth-order valence-corrected chi connectivity index (χ4v) is 3.49. The van der Waals surface area contributed by atoms with Gasteiger partial charge in [-0.25, -0.2) is 0 Å². The van der Waals surface area contributed by atoms with Gasteiger partial charge in [-0.1, -0.05) is 40.2 Å². The standard InChI is InChI=1S/C15H17Br/c16-15-7-3-11(4-8-15)1-5-13-9-12-2-6-14(13)10-12/h2-4,6-8,12-14H,1,5,9-10H2. The van der Waals surface area contributed by atoms with E-state index in [9.17, 15) is 0 Å². The molecule has 1 saturated carbocycles. The summed E-state index contributed by atoms with van der Waals surface area (Å²) in [5.74, 6) is 2.78. The Labute approximate surface area is 106 Å². The molecule has 0 spiro atoms. The van der Waals surface area contributed by atoms with Crippen LogP contribution in [0.25, 0.3) is 0 Å². The lowest BCUT2D eigenvalue weighted by atomic mass is 9.88. The fraction of sp³-hybridized carbons (Fsp3) is 0.467. The quantitative estimate of drug-likeness (QED) is 0.709. The van der Waals surface area contributed by atoms with Crippen LogP contribution in [0.2, 0.25) is 0 Å². The highest BCUT2D eigenvalue weighted by atomic mass is 79.9. The summed E-state index contributed by atoms with van der Waals surface area (Å²) in [5, 5.41) is 0. The van der Waals surface area contributed by atoms with E-state index in [1.807, 2.05) is 0 Å². The molecule has 1 fully saturated rings. The predicted molar refractivity (Wildman–Crippen MR) is 71.3 cm³/mol. The molecule has 0 radical (unpaired) electrons. The van der Waals surface area contributed by atoms with Crippen LogP contribution in [0.5, 0.6) is 0 Å². The largest absolute Gasteiger partial charge is 0.0851 e. The highest BCUT2D eigenvalue weighted by molar-refractivity contribution is 9.10. The number of hydrogen-bond donors (Lipinski definition) is 0. The van der Waals surface area contributed by atoms with Crippen LogP contribution in [0.15, 0.2) is 40.9 Å². The van der Waals surface area contributed by atoms with Gasteiger partial charge in [0.2, 0.25) is 0 Å². The van der Waals surface area contributed by atoms with Crippen molar-refractivity contribution in [3.8, 4) is 0 Å². The minimum atomic E-state index is 0.903. The van der Waals surface area contributed by atoms with Crippen molar-refractivity contribution in [1.29, 1.82) is 0 Å². The van der Waals surface area contributed by atoms with E-state index in [0.29, 0.717) is 0 Å². The zero-order valence-corrected chi connectivity index (χ0v) is 11.0. The molecule has 2 aliphatic carbocycles. The summed E-state index contributed by atoms with van der Waals surface area (Å²) >= 11 is 3.48. The normalized spacial score (nSPS) is 31.2. The molecule has 0 aromatic heterocycles. The Morgan fingerprint density at radius 1 is 1.06 bits per heavy atom. The summed E-state index contributed by atoms with van der Waals surface area (Å²) < 4.78 is 1.18. The number of halogens is 1. The molecule has 3 atom stereocenters. The molecule has 0 aliphatic heterocycles. The van der Waals surface area contributed by atoms with Gasteiger partial charge in [-0.05, 0) is 61.1 Å². The smallest absolute Gasteiger partial charge is 0.0175 e. The Morgan fingerprint density at radius 2 is 1.88 bits per heavy atom. The summed E-state index contributed by atoms with van der Waals surface area (Å²) in [6.07, 6.45) is 10.4. The minimum absolute atomic E-state index is 0.903. The zero-order chi connectivity index (χ0) is 11.0. The van der Waals surface area contributed by atoms with Crippen molar-refractivity contribution >= 4 is 15.9 Å². The third-order valence-electron chi connectivity index (χ3n) is 4.13. The third kappa shape index (κ3) is 2.10. The number of fused-ring (bicyclic) bond motifs is 2. The first-order chi connectivity index (χ1) is 7.81. The van der Waals surface area contributed by atoms with Gasteiger partial charge in [0, 0.05) is 4.47 Å². The van der Waals surface area contributed by atoms with Crippen molar-refractivity contribution in [3.05, 3.63) is 46.5 Å². The third-order valence-corrected chi connectivity index (χ3v) is 4.66. The lowest BCUT2D eigenvalue weighted by Gasteiger charge is -2.17. The SMILES string of the molecule is Brc1ccc(CCC2CC3C=CC2C3)cc1. The fourth-order valence-electron chi connectivity index (χ4n) is 3.23. The number of hydrogen-bond acceptors (Lipinski definition) is 0. The van der Waals surface area contributed by atoms with Gasteiger partial charge in [-0.15, -0.1) is 0 Å². The van der Waals surface area contributed by atoms with Crippen LogP contribution in [0, 0.1) is 17.8 Å². The van der Waals surface area contributed by atoms with Crippen LogP contribution >= 0.6 is 15.9 Å². The number of allylic oxidation sites excluding steroid dienone is 2. The summed E-state index contributed by atoms with van der Waals surface area (Å²) in [5.41, 5.74) is 1.48. The first-order valence-corrected chi connectivity index (χ1v) is 7.03. The van der Waals surface area contributed by atoms with Gasteiger partial charge in [0.05, 0.1) is 0 Å². The van der Waals surface area contributed by atoms with E-state index in [-0.39, 0.29) is 0 Å². The molecule has 2 aliphatic rings. The molecule has 0 heterocycles. The molecule has 0 N–H and O–H groups in total. The van der Waals surface area contributed by atoms with E-state index in [2.05, 4.69) is 52.3 Å². The van der Waals surface area contributed by atoms with Crippen LogP contribution in [0.3, 0.4) is 0 Å². The molecule has 1 aromatic carbocycles. The van der Waals surface area contributed by atoms with Gasteiger partial charge in [-0.2, -0.15) is 0 Å². The summed E-state index contributed by atoms with van der Waals surface area (Å²) in [4.78, 5) is 0. The van der Waals surface area contributed by atoms with E-state index in [1.165, 1.54) is 35.7 Å². The number of rotatable bonds is 3. The second-order valence-electron chi connectivity index (χ2n) is 5.21. The van der Waals surface area contributed by atoms with Crippen LogP contribution in [-0.2, 0) is 6.42 Å². The average Bonchev–Trinajstić information content (AvgIpc) is 2.90. The summed E-state index contributed by atoms with van der Waals surface area (Å²) in [6.45, 7) is 0. The van der Waals surface area contributed by atoms with Gasteiger partial charge < -0.3 is 0 Å². The molecule has 3 unspecified atom stereocenters. The monoisotopic (exact) mass is 276 g/mol. The van der Waals surface area contributed by atoms with Crippen molar-refractivity contribution in [2.75, 3.05) is 0 Å². The van der Waals surface area contributed by atoms with Crippen LogP contribution in [0.4, 0.5) is 0 Å². The molecule has 2 bridgehead atoms. The Balaban J connectivity index is 1.57. The lowest BCUT2D eigenvalue weighted by Crippen LogP contribution is -2.07. The van der Waals surface area contributed by atoms with E-state index in [0.717, 1.165) is 17.8 Å². The lowest BCUT2D eigenvalue weighted by molar-refractivity contribution is 0.416. The molecule has 0 saturated heterocycles. The first-order valence-electron chi connectivity index (χ1n) is 6.24. The Morgan fingerprint density at radius 3 is 2.50 bits per heavy atom. The maximum atomic E-state index is 3.48. The Hall–Kier alpha value is -0.560. The summed E-state index contributed by atoms with van der Waals surface area (Å²) in [6, 6.07) is 8.78. The maximum absolute atomic E-state index is 3.48. The van der Waals surface area contributed by atoms with Crippen molar-refractivity contribution in [1.82, 2.24) is 0 Å².